The van der Waals surface area contributed by atoms with E-state index in [2.05, 4.69) is 41.5 Å². The van der Waals surface area contributed by atoms with Crippen LogP contribution in [0, 0.1) is 11.8 Å². The molecule has 0 radical (unpaired) electrons. The minimum absolute atomic E-state index is 0.108. The third kappa shape index (κ3) is 83.8. The van der Waals surface area contributed by atoms with Crippen LogP contribution in [0.15, 0.2) is 0 Å². The summed E-state index contributed by atoms with van der Waals surface area (Å²) >= 11 is 0. The van der Waals surface area contributed by atoms with Gasteiger partial charge in [-0.25, -0.2) is 9.13 Å². The van der Waals surface area contributed by atoms with Gasteiger partial charge in [0.1, 0.15) is 19.3 Å². The fraction of sp³-hybridized carbons (Fsp3) is 0.956. The summed E-state index contributed by atoms with van der Waals surface area (Å²) in [6, 6.07) is 0. The van der Waals surface area contributed by atoms with Gasteiger partial charge in [-0.3, -0.25) is 37.3 Å². The number of hydrogen-bond donors (Lipinski definition) is 3. The summed E-state index contributed by atoms with van der Waals surface area (Å²) in [6.45, 7) is 9.75. The molecule has 0 aromatic rings. The summed E-state index contributed by atoms with van der Waals surface area (Å²) in [6.07, 6.45) is 75.0. The first-order valence-electron chi connectivity index (χ1n) is 46.5. The standard InChI is InChI=1S/C90H176O17P2/c1-7-9-11-13-15-17-19-21-22-23-24-25-26-27-28-31-38-44-50-56-62-68-74-89(94)107-86(79-101-88(93)73-67-61-55-49-43-37-32-29-30-35-40-46-52-58-64-70-82(3)4)81-105-109(98,99)103-77-84(91)76-102-108(96,97)104-80-85(78-100-87(92)72-66-60-54-48-42-20-18-16-14-12-10-8-2)106-90(95)75-69-63-57-51-45-39-34-33-36-41-47-53-59-65-71-83(5)6/h82-86,91H,7-81H2,1-6H3,(H,96,97)(H,98,99)/t84-,85+,86+/m0/s1. The predicted octanol–water partition coefficient (Wildman–Crippen LogP) is 27.8. The number of phosphoric ester groups is 2. The van der Waals surface area contributed by atoms with Crippen LogP contribution in [0.1, 0.15) is 485 Å². The molecule has 0 aromatic carbocycles. The quantitative estimate of drug-likeness (QED) is 0.0222. The second-order valence-electron chi connectivity index (χ2n) is 33.3. The molecule has 0 heterocycles. The SMILES string of the molecule is CCCCCCCCCCCCCCCCCCCCCCCCC(=O)O[C@H](COC(=O)CCCCCCCCCCCCCCCCCC(C)C)COP(=O)(O)OC[C@@H](O)COP(=O)(O)OC[C@@H](COC(=O)CCCCCCCCCCCCCC)OC(=O)CCCCCCCCCCCCCCCCC(C)C. The second-order valence-corrected chi connectivity index (χ2v) is 36.2. The normalized spacial score (nSPS) is 13.8. The smallest absolute Gasteiger partial charge is 0.462 e. The van der Waals surface area contributed by atoms with Crippen molar-refractivity contribution in [3.63, 3.8) is 0 Å². The Morgan fingerprint density at radius 3 is 0.624 bits per heavy atom. The van der Waals surface area contributed by atoms with Gasteiger partial charge in [-0.2, -0.15) is 0 Å². The maximum absolute atomic E-state index is 13.2. The lowest BCUT2D eigenvalue weighted by atomic mass is 10.0. The van der Waals surface area contributed by atoms with Crippen molar-refractivity contribution in [2.45, 2.75) is 503 Å². The first-order valence-corrected chi connectivity index (χ1v) is 49.5. The van der Waals surface area contributed by atoms with Crippen molar-refractivity contribution in [3.05, 3.63) is 0 Å². The second kappa shape index (κ2) is 81.2. The number of hydrogen-bond acceptors (Lipinski definition) is 15. The van der Waals surface area contributed by atoms with Gasteiger partial charge in [-0.05, 0) is 37.5 Å². The van der Waals surface area contributed by atoms with E-state index in [0.717, 1.165) is 102 Å². The molecule has 0 saturated carbocycles. The average Bonchev–Trinajstić information content (AvgIpc) is 0.899. The van der Waals surface area contributed by atoms with Crippen LogP contribution in [0.3, 0.4) is 0 Å². The molecule has 2 unspecified atom stereocenters. The van der Waals surface area contributed by atoms with Gasteiger partial charge in [0, 0.05) is 25.7 Å². The largest absolute Gasteiger partial charge is 0.472 e. The van der Waals surface area contributed by atoms with E-state index >= 15 is 0 Å². The third-order valence-corrected chi connectivity index (χ3v) is 23.1. The number of carbonyl (C=O) groups is 4. The summed E-state index contributed by atoms with van der Waals surface area (Å²) in [5.41, 5.74) is 0. The first-order chi connectivity index (χ1) is 52.9. The van der Waals surface area contributed by atoms with Crippen molar-refractivity contribution in [1.82, 2.24) is 0 Å². The Labute approximate surface area is 670 Å². The number of phosphoric acid groups is 2. The van der Waals surface area contributed by atoms with Gasteiger partial charge >= 0.3 is 39.5 Å². The molecule has 0 aromatic heterocycles. The van der Waals surface area contributed by atoms with Gasteiger partial charge in [0.25, 0.3) is 0 Å². The monoisotopic (exact) mass is 1590 g/mol. The Kier molecular flexibility index (Phi) is 79.8. The van der Waals surface area contributed by atoms with Crippen LogP contribution in [0.5, 0.6) is 0 Å². The molecule has 0 aliphatic heterocycles. The van der Waals surface area contributed by atoms with Crippen LogP contribution >= 0.6 is 15.6 Å². The lowest BCUT2D eigenvalue weighted by Gasteiger charge is -2.21. The number of aliphatic hydroxyl groups is 1. The molecule has 648 valence electrons. The molecule has 0 spiro atoms. The van der Waals surface area contributed by atoms with E-state index < -0.39 is 97.5 Å². The molecule has 0 aliphatic carbocycles. The van der Waals surface area contributed by atoms with E-state index in [0.29, 0.717) is 25.7 Å². The van der Waals surface area contributed by atoms with E-state index in [9.17, 15) is 43.2 Å². The lowest BCUT2D eigenvalue weighted by Crippen LogP contribution is -2.30. The third-order valence-electron chi connectivity index (χ3n) is 21.2. The van der Waals surface area contributed by atoms with Gasteiger partial charge in [-0.15, -0.1) is 0 Å². The number of esters is 4. The highest BCUT2D eigenvalue weighted by Gasteiger charge is 2.31. The van der Waals surface area contributed by atoms with Crippen LogP contribution < -0.4 is 0 Å². The maximum atomic E-state index is 13.2. The average molecular weight is 1590 g/mol. The Bertz CT molecular complexity index is 2080. The summed E-state index contributed by atoms with van der Waals surface area (Å²) in [4.78, 5) is 73.4. The van der Waals surface area contributed by atoms with Gasteiger partial charge in [-0.1, -0.05) is 433 Å². The molecule has 109 heavy (non-hydrogen) atoms. The van der Waals surface area contributed by atoms with E-state index in [4.69, 9.17) is 37.0 Å². The van der Waals surface area contributed by atoms with Crippen molar-refractivity contribution in [3.8, 4) is 0 Å². The summed E-state index contributed by atoms with van der Waals surface area (Å²) in [5.74, 6) is -0.495. The molecule has 0 amide bonds. The molecule has 0 bridgehead atoms. The Morgan fingerprint density at radius 2 is 0.422 bits per heavy atom. The van der Waals surface area contributed by atoms with Crippen LogP contribution in [-0.2, 0) is 65.4 Å². The van der Waals surface area contributed by atoms with Crippen molar-refractivity contribution in [1.29, 1.82) is 0 Å². The van der Waals surface area contributed by atoms with E-state index in [1.165, 1.54) is 302 Å². The minimum Gasteiger partial charge on any atom is -0.462 e. The Morgan fingerprint density at radius 1 is 0.248 bits per heavy atom. The number of carbonyl (C=O) groups excluding carboxylic acids is 4. The van der Waals surface area contributed by atoms with Crippen molar-refractivity contribution in [2.75, 3.05) is 39.6 Å². The number of ether oxygens (including phenoxy) is 4. The van der Waals surface area contributed by atoms with Crippen molar-refractivity contribution < 1.29 is 80.2 Å². The zero-order valence-corrected chi connectivity index (χ0v) is 73.7. The molecular formula is C90H176O17P2. The maximum Gasteiger partial charge on any atom is 0.472 e. The fourth-order valence-electron chi connectivity index (χ4n) is 14.1. The molecule has 17 nitrogen and oxygen atoms in total. The van der Waals surface area contributed by atoms with Crippen LogP contribution in [0.2, 0.25) is 0 Å². The van der Waals surface area contributed by atoms with E-state index in [1.54, 1.807) is 0 Å². The van der Waals surface area contributed by atoms with Crippen molar-refractivity contribution in [2.24, 2.45) is 11.8 Å². The van der Waals surface area contributed by atoms with Gasteiger partial charge in [0.05, 0.1) is 26.4 Å². The van der Waals surface area contributed by atoms with Crippen LogP contribution in [0.25, 0.3) is 0 Å². The molecule has 5 atom stereocenters. The molecule has 3 N–H and O–H groups in total. The molecule has 0 rings (SSSR count). The molecule has 0 aliphatic rings. The number of unbranched alkanes of at least 4 members (excludes halogenated alkanes) is 59. The molecule has 19 heteroatoms. The zero-order valence-electron chi connectivity index (χ0n) is 71.9. The minimum atomic E-state index is -4.97. The molecular weight excluding hydrogens is 1410 g/mol. The zero-order chi connectivity index (χ0) is 79.9. The van der Waals surface area contributed by atoms with Crippen molar-refractivity contribution >= 4 is 39.5 Å². The highest BCUT2D eigenvalue weighted by atomic mass is 31.2. The molecule has 0 fully saturated rings. The van der Waals surface area contributed by atoms with Gasteiger partial charge < -0.3 is 33.8 Å². The summed E-state index contributed by atoms with van der Waals surface area (Å²) < 4.78 is 69.0. The predicted molar refractivity (Wildman–Crippen MR) is 451 cm³/mol. The highest BCUT2D eigenvalue weighted by molar-refractivity contribution is 7.47. The number of rotatable bonds is 89. The van der Waals surface area contributed by atoms with E-state index in [1.807, 2.05) is 0 Å². The Hall–Kier alpha value is -1.94. The topological polar surface area (TPSA) is 237 Å². The molecule has 0 saturated heterocycles. The van der Waals surface area contributed by atoms with Crippen LogP contribution in [0.4, 0.5) is 0 Å². The summed E-state index contributed by atoms with van der Waals surface area (Å²) in [7, 11) is -9.93. The Balaban J connectivity index is 5.24. The number of aliphatic hydroxyl groups excluding tert-OH is 1. The van der Waals surface area contributed by atoms with E-state index in [-0.39, 0.29) is 25.7 Å². The highest BCUT2D eigenvalue weighted by Crippen LogP contribution is 2.45. The van der Waals surface area contributed by atoms with Crippen LogP contribution in [-0.4, -0.2) is 96.7 Å². The van der Waals surface area contributed by atoms with Gasteiger partial charge in [0.2, 0.25) is 0 Å². The first kappa shape index (κ1) is 107. The fourth-order valence-corrected chi connectivity index (χ4v) is 15.7. The summed E-state index contributed by atoms with van der Waals surface area (Å²) in [5, 5.41) is 10.7. The van der Waals surface area contributed by atoms with Gasteiger partial charge in [0.15, 0.2) is 12.2 Å². The lowest BCUT2D eigenvalue weighted by molar-refractivity contribution is -0.161.